The summed E-state index contributed by atoms with van der Waals surface area (Å²) in [5.41, 5.74) is -0.160. The van der Waals surface area contributed by atoms with Gasteiger partial charge in [-0.25, -0.2) is 14.0 Å². The predicted octanol–water partition coefficient (Wildman–Crippen LogP) is 4.12. The van der Waals surface area contributed by atoms with E-state index in [0.29, 0.717) is 21.1 Å². The molecule has 1 saturated carbocycles. The fourth-order valence-corrected chi connectivity index (χ4v) is 4.40. The van der Waals surface area contributed by atoms with Gasteiger partial charge in [-0.05, 0) is 73.8 Å². The van der Waals surface area contributed by atoms with E-state index in [9.17, 15) is 9.32 Å². The molecule has 0 saturated heterocycles. The van der Waals surface area contributed by atoms with Crippen LogP contribution in [0.4, 0.5) is 17.5 Å². The van der Waals surface area contributed by atoms with E-state index >= 15 is 0 Å². The van der Waals surface area contributed by atoms with Crippen LogP contribution < -0.4 is 10.6 Å². The first-order valence-corrected chi connectivity index (χ1v) is 11.1. The van der Waals surface area contributed by atoms with Crippen LogP contribution in [0.3, 0.4) is 0 Å². The molecule has 9 heteroatoms. The molecule has 1 aromatic heterocycles. The maximum absolute atomic E-state index is 12.5. The van der Waals surface area contributed by atoms with Gasteiger partial charge < -0.3 is 15.7 Å². The van der Waals surface area contributed by atoms with E-state index in [2.05, 4.69) is 36.5 Å². The standard InChI is InChI=1S/C18H24BrN5O2S/c1-11(18(2,3)25)22-16-15(19)10-21-17(24-16)23-12-4-6-13(7-5-12)27(20,26)14-8-9-14/h4-7,10-11,14,20,25H,8-9H2,1-3H3,(H2,21,22,23,24)/t11-,27-/m1/s1. The van der Waals surface area contributed by atoms with E-state index in [-0.39, 0.29) is 11.3 Å². The highest BCUT2D eigenvalue weighted by Gasteiger charge is 2.33. The zero-order valence-corrected chi connectivity index (χ0v) is 17.9. The summed E-state index contributed by atoms with van der Waals surface area (Å²) in [6, 6.07) is 6.80. The molecule has 3 rings (SSSR count). The van der Waals surface area contributed by atoms with Crippen molar-refractivity contribution < 1.29 is 9.32 Å². The highest BCUT2D eigenvalue weighted by Crippen LogP contribution is 2.34. The maximum atomic E-state index is 12.5. The van der Waals surface area contributed by atoms with Crippen molar-refractivity contribution in [2.45, 2.75) is 55.4 Å². The van der Waals surface area contributed by atoms with Crippen molar-refractivity contribution in [1.82, 2.24) is 9.97 Å². The minimum atomic E-state index is -2.69. The fourth-order valence-electron chi connectivity index (χ4n) is 2.37. The first-order valence-electron chi connectivity index (χ1n) is 8.73. The van der Waals surface area contributed by atoms with Crippen LogP contribution in [0.25, 0.3) is 0 Å². The van der Waals surface area contributed by atoms with Crippen molar-refractivity contribution in [3.05, 3.63) is 34.9 Å². The summed E-state index contributed by atoms with van der Waals surface area (Å²) >= 11 is 3.41. The zero-order valence-electron chi connectivity index (χ0n) is 15.5. The maximum Gasteiger partial charge on any atom is 0.229 e. The SMILES string of the molecule is C[C@@H](Nc1nc(Nc2ccc([S@@](=N)(=O)C3CC3)cc2)ncc1Br)C(C)(C)O. The lowest BCUT2D eigenvalue weighted by atomic mass is 10.0. The summed E-state index contributed by atoms with van der Waals surface area (Å²) in [7, 11) is -2.69. The van der Waals surface area contributed by atoms with Crippen LogP contribution in [0.1, 0.15) is 33.6 Å². The smallest absolute Gasteiger partial charge is 0.229 e. The number of halogens is 1. The molecule has 0 radical (unpaired) electrons. The van der Waals surface area contributed by atoms with Gasteiger partial charge >= 0.3 is 0 Å². The molecule has 0 aliphatic heterocycles. The minimum Gasteiger partial charge on any atom is -0.388 e. The molecule has 146 valence electrons. The lowest BCUT2D eigenvalue weighted by Crippen LogP contribution is -2.39. The molecule has 0 bridgehead atoms. The quantitative estimate of drug-likeness (QED) is 0.501. The van der Waals surface area contributed by atoms with Crippen LogP contribution in [0.5, 0.6) is 0 Å². The van der Waals surface area contributed by atoms with E-state index in [0.717, 1.165) is 18.5 Å². The Bertz CT molecular complexity index is 922. The Balaban J connectivity index is 1.75. The number of aliphatic hydroxyl groups is 1. The number of nitrogens with one attached hydrogen (secondary N) is 3. The molecule has 1 fully saturated rings. The Kier molecular flexibility index (Phi) is 5.47. The third-order valence-electron chi connectivity index (χ3n) is 4.61. The van der Waals surface area contributed by atoms with Crippen molar-refractivity contribution in [3.8, 4) is 0 Å². The van der Waals surface area contributed by atoms with Gasteiger partial charge in [0.25, 0.3) is 0 Å². The monoisotopic (exact) mass is 453 g/mol. The third kappa shape index (κ3) is 4.77. The topological polar surface area (TPSA) is 111 Å². The van der Waals surface area contributed by atoms with Crippen molar-refractivity contribution in [2.75, 3.05) is 10.6 Å². The lowest BCUT2D eigenvalue weighted by molar-refractivity contribution is 0.0647. The molecule has 1 heterocycles. The van der Waals surface area contributed by atoms with E-state index in [1.54, 1.807) is 44.3 Å². The number of nitrogens with zero attached hydrogens (tertiary/aromatic N) is 2. The first-order chi connectivity index (χ1) is 12.6. The summed E-state index contributed by atoms with van der Waals surface area (Å²) in [5.74, 6) is 0.965. The van der Waals surface area contributed by atoms with Gasteiger partial charge in [0.1, 0.15) is 5.82 Å². The molecule has 27 heavy (non-hydrogen) atoms. The molecule has 7 nitrogen and oxygen atoms in total. The van der Waals surface area contributed by atoms with Gasteiger partial charge in [-0.2, -0.15) is 4.98 Å². The Labute approximate surface area is 168 Å². The first kappa shape index (κ1) is 20.0. The van der Waals surface area contributed by atoms with Crippen LogP contribution in [-0.4, -0.2) is 36.2 Å². The zero-order chi connectivity index (χ0) is 19.8. The van der Waals surface area contributed by atoms with Crippen LogP contribution in [0, 0.1) is 4.78 Å². The summed E-state index contributed by atoms with van der Waals surface area (Å²) in [4.78, 5) is 9.26. The molecule has 4 N–H and O–H groups in total. The van der Waals surface area contributed by atoms with Crippen LogP contribution >= 0.6 is 15.9 Å². The van der Waals surface area contributed by atoms with Gasteiger partial charge in [0.05, 0.1) is 25.8 Å². The number of rotatable bonds is 7. The number of benzene rings is 1. The molecule has 1 aliphatic carbocycles. The van der Waals surface area contributed by atoms with Gasteiger partial charge in [-0.3, -0.25) is 0 Å². The normalized spacial score (nSPS) is 17.8. The molecule has 1 aliphatic rings. The Morgan fingerprint density at radius 2 is 1.96 bits per heavy atom. The second-order valence-electron chi connectivity index (χ2n) is 7.36. The number of anilines is 3. The van der Waals surface area contributed by atoms with E-state index in [4.69, 9.17) is 4.78 Å². The van der Waals surface area contributed by atoms with Crippen LogP contribution in [0.2, 0.25) is 0 Å². The van der Waals surface area contributed by atoms with Gasteiger partial charge in [0, 0.05) is 22.0 Å². The highest BCUT2D eigenvalue weighted by atomic mass is 79.9. The van der Waals surface area contributed by atoms with Gasteiger partial charge in [-0.15, -0.1) is 0 Å². The van der Waals surface area contributed by atoms with Gasteiger partial charge in [0.15, 0.2) is 0 Å². The van der Waals surface area contributed by atoms with E-state index < -0.39 is 15.3 Å². The second-order valence-corrected chi connectivity index (χ2v) is 10.6. The Hall–Kier alpha value is -1.71. The summed E-state index contributed by atoms with van der Waals surface area (Å²) in [5, 5.41) is 16.4. The number of hydrogen-bond donors (Lipinski definition) is 4. The van der Waals surface area contributed by atoms with Crippen molar-refractivity contribution in [3.63, 3.8) is 0 Å². The number of aromatic nitrogens is 2. The van der Waals surface area contributed by atoms with Gasteiger partial charge in [0.2, 0.25) is 5.95 Å². The second kappa shape index (κ2) is 7.37. The summed E-state index contributed by atoms with van der Waals surface area (Å²) < 4.78 is 21.3. The molecule has 2 atom stereocenters. The molecule has 0 amide bonds. The number of hydrogen-bond acceptors (Lipinski definition) is 7. The van der Waals surface area contributed by atoms with E-state index in [1.807, 2.05) is 6.92 Å². The summed E-state index contributed by atoms with van der Waals surface area (Å²) in [6.45, 7) is 5.33. The molecule has 0 spiro atoms. The lowest BCUT2D eigenvalue weighted by Gasteiger charge is -2.27. The predicted molar refractivity (Wildman–Crippen MR) is 111 cm³/mol. The Morgan fingerprint density at radius 1 is 1.33 bits per heavy atom. The molecule has 2 aromatic rings. The molecule has 0 unspecified atom stereocenters. The molecular formula is C18H24BrN5O2S. The van der Waals surface area contributed by atoms with Crippen LogP contribution in [-0.2, 0) is 9.73 Å². The fraction of sp³-hybridized carbons (Fsp3) is 0.444. The van der Waals surface area contributed by atoms with E-state index in [1.165, 1.54) is 0 Å². The van der Waals surface area contributed by atoms with Crippen molar-refractivity contribution >= 4 is 43.1 Å². The third-order valence-corrected chi connectivity index (χ3v) is 7.57. The average Bonchev–Trinajstić information content (AvgIpc) is 3.43. The van der Waals surface area contributed by atoms with Gasteiger partial charge in [-0.1, -0.05) is 0 Å². The molecule has 1 aromatic carbocycles. The Morgan fingerprint density at radius 3 is 2.52 bits per heavy atom. The highest BCUT2D eigenvalue weighted by molar-refractivity contribution is 9.10. The summed E-state index contributed by atoms with van der Waals surface area (Å²) in [6.07, 6.45) is 3.37. The average molecular weight is 454 g/mol. The van der Waals surface area contributed by atoms with Crippen LogP contribution in [0.15, 0.2) is 39.8 Å². The minimum absolute atomic E-state index is 0.00230. The van der Waals surface area contributed by atoms with Crippen molar-refractivity contribution in [1.29, 1.82) is 4.78 Å². The van der Waals surface area contributed by atoms with Crippen molar-refractivity contribution in [2.24, 2.45) is 0 Å². The largest absolute Gasteiger partial charge is 0.388 e. The molecular weight excluding hydrogens is 430 g/mol.